The number of hydrogen-bond donors (Lipinski definition) is 1. The second-order valence-corrected chi connectivity index (χ2v) is 8.09. The fourth-order valence-electron chi connectivity index (χ4n) is 3.79. The van der Waals surface area contributed by atoms with Gasteiger partial charge in [-0.05, 0) is 36.1 Å². The number of nitrogens with one attached hydrogen (secondary N) is 1. The first kappa shape index (κ1) is 22.1. The van der Waals surface area contributed by atoms with E-state index in [9.17, 15) is 9.59 Å². The van der Waals surface area contributed by atoms with Crippen molar-refractivity contribution >= 4 is 23.2 Å². The summed E-state index contributed by atoms with van der Waals surface area (Å²) in [5.74, 6) is 0.685. The molecule has 1 aromatic carbocycles. The number of likely N-dealkylation sites (tertiary alicyclic amines) is 1. The molecule has 0 aliphatic carbocycles. The topological polar surface area (TPSA) is 77.1 Å². The second-order valence-electron chi connectivity index (χ2n) is 7.15. The van der Waals surface area contributed by atoms with Crippen molar-refractivity contribution in [3.63, 3.8) is 0 Å². The molecule has 2 heterocycles. The van der Waals surface area contributed by atoms with Gasteiger partial charge in [0.25, 0.3) is 5.91 Å². The number of methoxy groups -OCH3 is 3. The molecule has 30 heavy (non-hydrogen) atoms. The van der Waals surface area contributed by atoms with E-state index in [0.717, 1.165) is 12.0 Å². The van der Waals surface area contributed by atoms with Crippen LogP contribution in [0, 0.1) is 5.92 Å². The average Bonchev–Trinajstić information content (AvgIpc) is 3.46. The molecule has 7 nitrogen and oxygen atoms in total. The van der Waals surface area contributed by atoms with Gasteiger partial charge in [-0.1, -0.05) is 6.07 Å². The predicted molar refractivity (Wildman–Crippen MR) is 116 cm³/mol. The van der Waals surface area contributed by atoms with Gasteiger partial charge in [0.15, 0.2) is 0 Å². The van der Waals surface area contributed by atoms with E-state index in [2.05, 4.69) is 5.32 Å². The molecular formula is C22H28N2O5S. The molecule has 3 rings (SSSR count). The van der Waals surface area contributed by atoms with E-state index < -0.39 is 0 Å². The molecule has 1 aromatic heterocycles. The Bertz CT molecular complexity index is 855. The zero-order valence-electron chi connectivity index (χ0n) is 17.6. The second kappa shape index (κ2) is 10.4. The minimum Gasteiger partial charge on any atom is -0.497 e. The lowest BCUT2D eigenvalue weighted by Crippen LogP contribution is -2.36. The van der Waals surface area contributed by atoms with Crippen molar-refractivity contribution < 1.29 is 23.8 Å². The third-order valence-electron chi connectivity index (χ3n) is 5.34. The Morgan fingerprint density at radius 2 is 2.00 bits per heavy atom. The molecule has 0 bridgehead atoms. The smallest absolute Gasteiger partial charge is 0.263 e. The van der Waals surface area contributed by atoms with Crippen LogP contribution < -0.4 is 14.8 Å². The van der Waals surface area contributed by atoms with Gasteiger partial charge in [0.2, 0.25) is 5.91 Å². The van der Waals surface area contributed by atoms with Gasteiger partial charge in [0.05, 0.1) is 25.0 Å². The van der Waals surface area contributed by atoms with Gasteiger partial charge in [0.1, 0.15) is 11.5 Å². The third-order valence-corrected chi connectivity index (χ3v) is 6.19. The molecule has 1 aliphatic rings. The molecule has 1 saturated heterocycles. The van der Waals surface area contributed by atoms with E-state index in [1.807, 2.05) is 35.7 Å². The standard InChI is InChI=1S/C22H28N2O5S/c1-27-10-5-9-23-21(25)18-14-24(22(26)20-6-4-11-30-20)13-17(18)16-12-15(28-2)7-8-19(16)29-3/h4,6-8,11-12,17-18H,5,9-10,13-14H2,1-3H3,(H,23,25)/t17-,18+/m1/s1. The Labute approximate surface area is 180 Å². The van der Waals surface area contributed by atoms with Crippen LogP contribution in [-0.2, 0) is 9.53 Å². The monoisotopic (exact) mass is 432 g/mol. The lowest BCUT2D eigenvalue weighted by molar-refractivity contribution is -0.125. The molecular weight excluding hydrogens is 404 g/mol. The van der Waals surface area contributed by atoms with Gasteiger partial charge < -0.3 is 24.4 Å². The fourth-order valence-corrected chi connectivity index (χ4v) is 4.49. The average molecular weight is 433 g/mol. The summed E-state index contributed by atoms with van der Waals surface area (Å²) in [5, 5.41) is 4.87. The first-order chi connectivity index (χ1) is 14.6. The minimum atomic E-state index is -0.377. The predicted octanol–water partition coefficient (Wildman–Crippen LogP) is 2.77. The summed E-state index contributed by atoms with van der Waals surface area (Å²) in [7, 11) is 4.85. The molecule has 1 N–H and O–H groups in total. The summed E-state index contributed by atoms with van der Waals surface area (Å²) in [6.07, 6.45) is 0.736. The number of carbonyl (C=O) groups excluding carboxylic acids is 2. The first-order valence-corrected chi connectivity index (χ1v) is 10.8. The quantitative estimate of drug-likeness (QED) is 0.617. The molecule has 2 atom stereocenters. The number of amides is 2. The molecule has 2 amide bonds. The Hall–Kier alpha value is -2.58. The summed E-state index contributed by atoms with van der Waals surface area (Å²) in [4.78, 5) is 28.4. The van der Waals surface area contributed by atoms with Crippen molar-refractivity contribution in [1.29, 1.82) is 0 Å². The van der Waals surface area contributed by atoms with Gasteiger partial charge >= 0.3 is 0 Å². The van der Waals surface area contributed by atoms with Gasteiger partial charge in [-0.15, -0.1) is 11.3 Å². The Morgan fingerprint density at radius 3 is 2.67 bits per heavy atom. The van der Waals surface area contributed by atoms with E-state index in [0.29, 0.717) is 42.6 Å². The molecule has 0 unspecified atom stereocenters. The molecule has 0 saturated carbocycles. The van der Waals surface area contributed by atoms with Crippen LogP contribution in [0.25, 0.3) is 0 Å². The molecule has 1 aliphatic heterocycles. The normalized spacial score (nSPS) is 18.3. The van der Waals surface area contributed by atoms with Crippen LogP contribution in [0.3, 0.4) is 0 Å². The number of ether oxygens (including phenoxy) is 3. The van der Waals surface area contributed by atoms with Crippen molar-refractivity contribution in [2.24, 2.45) is 5.92 Å². The maximum atomic E-state index is 13.0. The number of thiophene rings is 1. The molecule has 8 heteroatoms. The van der Waals surface area contributed by atoms with Crippen LogP contribution in [0.4, 0.5) is 0 Å². The number of nitrogens with zero attached hydrogens (tertiary/aromatic N) is 1. The number of carbonyl (C=O) groups is 2. The van der Waals surface area contributed by atoms with Crippen molar-refractivity contribution in [1.82, 2.24) is 10.2 Å². The van der Waals surface area contributed by atoms with E-state index in [1.165, 1.54) is 11.3 Å². The lowest BCUT2D eigenvalue weighted by atomic mass is 9.87. The molecule has 1 fully saturated rings. The zero-order chi connectivity index (χ0) is 21.5. The highest BCUT2D eigenvalue weighted by atomic mass is 32.1. The SMILES string of the molecule is COCCCNC(=O)[C@H]1CN(C(=O)c2cccs2)C[C@@H]1c1cc(OC)ccc1OC. The Kier molecular flexibility index (Phi) is 7.70. The summed E-state index contributed by atoms with van der Waals surface area (Å²) in [6, 6.07) is 9.23. The zero-order valence-corrected chi connectivity index (χ0v) is 18.4. The summed E-state index contributed by atoms with van der Waals surface area (Å²) >= 11 is 1.41. The molecule has 2 aromatic rings. The highest BCUT2D eigenvalue weighted by Crippen LogP contribution is 2.40. The Morgan fingerprint density at radius 1 is 1.17 bits per heavy atom. The summed E-state index contributed by atoms with van der Waals surface area (Å²) in [5.41, 5.74) is 0.871. The van der Waals surface area contributed by atoms with Crippen molar-refractivity contribution in [3.8, 4) is 11.5 Å². The summed E-state index contributed by atoms with van der Waals surface area (Å²) in [6.45, 7) is 1.92. The van der Waals surface area contributed by atoms with Crippen molar-refractivity contribution in [2.45, 2.75) is 12.3 Å². The van der Waals surface area contributed by atoms with Crippen LogP contribution in [-0.4, -0.2) is 64.3 Å². The van der Waals surface area contributed by atoms with E-state index >= 15 is 0 Å². The maximum absolute atomic E-state index is 13.0. The maximum Gasteiger partial charge on any atom is 0.263 e. The largest absolute Gasteiger partial charge is 0.497 e. The van der Waals surface area contributed by atoms with Crippen molar-refractivity contribution in [2.75, 3.05) is 47.6 Å². The lowest BCUT2D eigenvalue weighted by Gasteiger charge is -2.21. The van der Waals surface area contributed by atoms with Gasteiger partial charge in [-0.3, -0.25) is 9.59 Å². The number of benzene rings is 1. The molecule has 0 radical (unpaired) electrons. The number of hydrogen-bond acceptors (Lipinski definition) is 6. The van der Waals surface area contributed by atoms with Gasteiger partial charge in [-0.25, -0.2) is 0 Å². The third kappa shape index (κ3) is 4.94. The first-order valence-electron chi connectivity index (χ1n) is 9.90. The molecule has 0 spiro atoms. The van der Waals surface area contributed by atoms with E-state index in [1.54, 1.807) is 26.2 Å². The minimum absolute atomic E-state index is 0.0495. The number of rotatable bonds is 9. The highest BCUT2D eigenvalue weighted by Gasteiger charge is 2.42. The summed E-state index contributed by atoms with van der Waals surface area (Å²) < 4.78 is 16.0. The van der Waals surface area contributed by atoms with Crippen LogP contribution in [0.2, 0.25) is 0 Å². The van der Waals surface area contributed by atoms with Crippen LogP contribution in [0.5, 0.6) is 11.5 Å². The van der Waals surface area contributed by atoms with E-state index in [4.69, 9.17) is 14.2 Å². The van der Waals surface area contributed by atoms with Gasteiger partial charge in [0, 0.05) is 44.8 Å². The van der Waals surface area contributed by atoms with Crippen LogP contribution in [0.15, 0.2) is 35.7 Å². The molecule has 162 valence electrons. The fraction of sp³-hybridized carbons (Fsp3) is 0.455. The van der Waals surface area contributed by atoms with E-state index in [-0.39, 0.29) is 23.7 Å². The van der Waals surface area contributed by atoms with Crippen LogP contribution >= 0.6 is 11.3 Å². The van der Waals surface area contributed by atoms with Gasteiger partial charge in [-0.2, -0.15) is 0 Å². The van der Waals surface area contributed by atoms with Crippen LogP contribution in [0.1, 0.15) is 27.6 Å². The Balaban J connectivity index is 1.87. The highest BCUT2D eigenvalue weighted by molar-refractivity contribution is 7.12. The van der Waals surface area contributed by atoms with Crippen molar-refractivity contribution in [3.05, 3.63) is 46.2 Å².